The second-order valence-electron chi connectivity index (χ2n) is 4.43. The summed E-state index contributed by atoms with van der Waals surface area (Å²) >= 11 is 1.12. The molecular weight excluding hydrogens is 304 g/mol. The van der Waals surface area contributed by atoms with Gasteiger partial charge in [-0.15, -0.1) is 11.3 Å². The van der Waals surface area contributed by atoms with Gasteiger partial charge in [-0.25, -0.2) is 9.78 Å². The van der Waals surface area contributed by atoms with Crippen molar-refractivity contribution in [3.8, 4) is 0 Å². The fraction of sp³-hybridized carbons (Fsp3) is 0.200. The summed E-state index contributed by atoms with van der Waals surface area (Å²) in [4.78, 5) is 38.8. The Morgan fingerprint density at radius 3 is 2.64 bits per heavy atom. The lowest BCUT2D eigenvalue weighted by Gasteiger charge is -2.08. The number of ketones is 1. The fourth-order valence-corrected chi connectivity index (χ4v) is 2.49. The minimum Gasteiger partial charge on any atom is -0.465 e. The first-order chi connectivity index (χ1) is 10.5. The summed E-state index contributed by atoms with van der Waals surface area (Å²) in [6, 6.07) is 6.85. The SMILES string of the molecule is COC(=O)c1ccccc1CNC(=O)c1csc(C(C)=O)n1. The lowest BCUT2D eigenvalue weighted by Crippen LogP contribution is -2.24. The van der Waals surface area contributed by atoms with E-state index in [4.69, 9.17) is 4.74 Å². The number of carbonyl (C=O) groups is 3. The van der Waals surface area contributed by atoms with Gasteiger partial charge in [0.1, 0.15) is 5.69 Å². The van der Waals surface area contributed by atoms with Crippen molar-refractivity contribution in [2.24, 2.45) is 0 Å². The van der Waals surface area contributed by atoms with Gasteiger partial charge in [0.15, 0.2) is 10.8 Å². The maximum absolute atomic E-state index is 12.0. The van der Waals surface area contributed by atoms with Crippen LogP contribution < -0.4 is 5.32 Å². The summed E-state index contributed by atoms with van der Waals surface area (Å²) in [5, 5.41) is 4.49. The first kappa shape index (κ1) is 15.8. The van der Waals surface area contributed by atoms with Crippen LogP contribution in [0.25, 0.3) is 0 Å². The van der Waals surface area contributed by atoms with E-state index in [-0.39, 0.29) is 18.0 Å². The summed E-state index contributed by atoms with van der Waals surface area (Å²) in [6.07, 6.45) is 0. The molecule has 0 unspecified atom stereocenters. The monoisotopic (exact) mass is 318 g/mol. The molecule has 1 aromatic heterocycles. The molecule has 114 valence electrons. The normalized spacial score (nSPS) is 10.1. The highest BCUT2D eigenvalue weighted by atomic mass is 32.1. The third-order valence-electron chi connectivity index (χ3n) is 2.90. The van der Waals surface area contributed by atoms with Crippen molar-refractivity contribution < 1.29 is 19.1 Å². The van der Waals surface area contributed by atoms with Crippen molar-refractivity contribution in [1.82, 2.24) is 10.3 Å². The fourth-order valence-electron chi connectivity index (χ4n) is 1.79. The van der Waals surface area contributed by atoms with Crippen LogP contribution in [0.15, 0.2) is 29.6 Å². The number of benzene rings is 1. The summed E-state index contributed by atoms with van der Waals surface area (Å²) < 4.78 is 4.70. The van der Waals surface area contributed by atoms with E-state index in [1.54, 1.807) is 24.3 Å². The number of thiazole rings is 1. The molecule has 0 atom stereocenters. The number of nitrogens with one attached hydrogen (secondary N) is 1. The van der Waals surface area contributed by atoms with Gasteiger partial charge in [-0.1, -0.05) is 18.2 Å². The standard InChI is InChI=1S/C15H14N2O4S/c1-9(18)14-17-12(8-22-14)13(19)16-7-10-5-3-4-6-11(10)15(20)21-2/h3-6,8H,7H2,1-2H3,(H,16,19). The number of methoxy groups -OCH3 is 1. The van der Waals surface area contributed by atoms with Crippen molar-refractivity contribution in [1.29, 1.82) is 0 Å². The Hall–Kier alpha value is -2.54. The third-order valence-corrected chi connectivity index (χ3v) is 3.84. The van der Waals surface area contributed by atoms with Crippen LogP contribution in [0.5, 0.6) is 0 Å². The molecule has 0 saturated heterocycles. The summed E-state index contributed by atoms with van der Waals surface area (Å²) in [6.45, 7) is 1.56. The Balaban J connectivity index is 2.08. The second kappa shape index (κ2) is 6.95. The van der Waals surface area contributed by atoms with Crippen molar-refractivity contribution in [2.75, 3.05) is 7.11 Å². The number of carbonyl (C=O) groups excluding carboxylic acids is 3. The Morgan fingerprint density at radius 1 is 1.27 bits per heavy atom. The van der Waals surface area contributed by atoms with Crippen molar-refractivity contribution in [3.63, 3.8) is 0 Å². The molecule has 6 nitrogen and oxygen atoms in total. The molecule has 1 aromatic carbocycles. The minimum atomic E-state index is -0.461. The molecule has 0 saturated carbocycles. The number of amides is 1. The average Bonchev–Trinajstić information content (AvgIpc) is 3.02. The molecule has 0 fully saturated rings. The van der Waals surface area contributed by atoms with Gasteiger partial charge in [-0.2, -0.15) is 0 Å². The second-order valence-corrected chi connectivity index (χ2v) is 5.28. The minimum absolute atomic E-state index is 0.164. The molecule has 2 aromatic rings. The molecule has 0 radical (unpaired) electrons. The number of aromatic nitrogens is 1. The molecular formula is C15H14N2O4S. The number of hydrogen-bond acceptors (Lipinski definition) is 6. The van der Waals surface area contributed by atoms with Gasteiger partial charge >= 0.3 is 5.97 Å². The molecule has 0 aliphatic rings. The van der Waals surface area contributed by atoms with Gasteiger partial charge in [0, 0.05) is 18.8 Å². The van der Waals surface area contributed by atoms with Crippen LogP contribution >= 0.6 is 11.3 Å². The van der Waals surface area contributed by atoms with E-state index in [0.29, 0.717) is 16.1 Å². The van der Waals surface area contributed by atoms with Gasteiger partial charge < -0.3 is 10.1 Å². The maximum Gasteiger partial charge on any atom is 0.338 e. The predicted molar refractivity (Wildman–Crippen MR) is 81.1 cm³/mol. The Kier molecular flexibility index (Phi) is 5.00. The number of nitrogens with zero attached hydrogens (tertiary/aromatic N) is 1. The van der Waals surface area contributed by atoms with E-state index >= 15 is 0 Å². The van der Waals surface area contributed by atoms with Gasteiger partial charge in [0.05, 0.1) is 12.7 Å². The zero-order chi connectivity index (χ0) is 16.1. The number of Topliss-reactive ketones (excluding diaryl/α,β-unsaturated/α-hetero) is 1. The average molecular weight is 318 g/mol. The van der Waals surface area contributed by atoms with E-state index in [1.807, 2.05) is 0 Å². The predicted octanol–water partition coefficient (Wildman–Crippen LogP) is 2.06. The summed E-state index contributed by atoms with van der Waals surface area (Å²) in [5.74, 6) is -1.04. The van der Waals surface area contributed by atoms with Crippen LogP contribution in [0, 0.1) is 0 Å². The highest BCUT2D eigenvalue weighted by Gasteiger charge is 2.15. The first-order valence-corrected chi connectivity index (χ1v) is 7.31. The van der Waals surface area contributed by atoms with Crippen LogP contribution in [0.4, 0.5) is 0 Å². The van der Waals surface area contributed by atoms with E-state index in [9.17, 15) is 14.4 Å². The number of hydrogen-bond donors (Lipinski definition) is 1. The van der Waals surface area contributed by atoms with Crippen LogP contribution in [0.3, 0.4) is 0 Å². The van der Waals surface area contributed by atoms with E-state index < -0.39 is 11.9 Å². The largest absolute Gasteiger partial charge is 0.465 e. The quantitative estimate of drug-likeness (QED) is 0.674. The van der Waals surface area contributed by atoms with Gasteiger partial charge in [-0.3, -0.25) is 9.59 Å². The van der Waals surface area contributed by atoms with Gasteiger partial charge in [0.2, 0.25) is 0 Å². The van der Waals surface area contributed by atoms with E-state index in [2.05, 4.69) is 10.3 Å². The lowest BCUT2D eigenvalue weighted by atomic mass is 10.1. The van der Waals surface area contributed by atoms with Crippen molar-refractivity contribution in [3.05, 3.63) is 51.5 Å². The van der Waals surface area contributed by atoms with Crippen LogP contribution in [-0.2, 0) is 11.3 Å². The number of esters is 1. The van der Waals surface area contributed by atoms with Gasteiger partial charge in [-0.05, 0) is 11.6 Å². The molecule has 0 spiro atoms. The molecule has 1 heterocycles. The Labute approximate surface area is 131 Å². The zero-order valence-corrected chi connectivity index (χ0v) is 12.9. The first-order valence-electron chi connectivity index (χ1n) is 6.43. The Morgan fingerprint density at radius 2 is 2.00 bits per heavy atom. The molecule has 2 rings (SSSR count). The number of rotatable bonds is 5. The molecule has 0 bridgehead atoms. The molecule has 0 aliphatic carbocycles. The smallest absolute Gasteiger partial charge is 0.338 e. The summed E-state index contributed by atoms with van der Waals surface area (Å²) in [5.41, 5.74) is 1.23. The molecule has 0 aliphatic heterocycles. The van der Waals surface area contributed by atoms with Crippen LogP contribution in [0.1, 0.15) is 43.1 Å². The summed E-state index contributed by atoms with van der Waals surface area (Å²) in [7, 11) is 1.30. The van der Waals surface area contributed by atoms with Crippen LogP contribution in [-0.4, -0.2) is 29.8 Å². The third kappa shape index (κ3) is 3.56. The lowest BCUT2D eigenvalue weighted by molar-refractivity contribution is 0.0598. The zero-order valence-electron chi connectivity index (χ0n) is 12.1. The Bertz CT molecular complexity index is 724. The molecule has 7 heteroatoms. The number of ether oxygens (including phenoxy) is 1. The molecule has 1 N–H and O–H groups in total. The van der Waals surface area contributed by atoms with Crippen molar-refractivity contribution >= 4 is 29.0 Å². The highest BCUT2D eigenvalue weighted by molar-refractivity contribution is 7.11. The molecule has 22 heavy (non-hydrogen) atoms. The van der Waals surface area contributed by atoms with E-state index in [0.717, 1.165) is 11.3 Å². The van der Waals surface area contributed by atoms with Crippen molar-refractivity contribution in [2.45, 2.75) is 13.5 Å². The maximum atomic E-state index is 12.0. The highest BCUT2D eigenvalue weighted by Crippen LogP contribution is 2.12. The van der Waals surface area contributed by atoms with Gasteiger partial charge in [0.25, 0.3) is 5.91 Å². The topological polar surface area (TPSA) is 85.4 Å². The molecule has 1 amide bonds. The van der Waals surface area contributed by atoms with Crippen LogP contribution in [0.2, 0.25) is 0 Å². The van der Waals surface area contributed by atoms with E-state index in [1.165, 1.54) is 19.4 Å².